The number of benzene rings is 2. The third-order valence-corrected chi connectivity index (χ3v) is 4.60. The second kappa shape index (κ2) is 6.29. The van der Waals surface area contributed by atoms with E-state index >= 15 is 0 Å². The fraction of sp³-hybridized carbons (Fsp3) is 0.200. The summed E-state index contributed by atoms with van der Waals surface area (Å²) in [7, 11) is -3.60. The SMILES string of the molecule is CCCc1ccc(S(=O)(=O)Nc2ccccc2Cl)cc1. The van der Waals surface area contributed by atoms with Crippen LogP contribution in [0, 0.1) is 0 Å². The van der Waals surface area contributed by atoms with Crippen molar-refractivity contribution in [1.29, 1.82) is 0 Å². The zero-order chi connectivity index (χ0) is 14.6. The molecule has 5 heteroatoms. The summed E-state index contributed by atoms with van der Waals surface area (Å²) in [5.41, 5.74) is 1.51. The molecule has 0 aliphatic carbocycles. The molecule has 0 unspecified atom stereocenters. The van der Waals surface area contributed by atoms with Crippen LogP contribution in [0.25, 0.3) is 0 Å². The van der Waals surface area contributed by atoms with Gasteiger partial charge in [0.2, 0.25) is 0 Å². The summed E-state index contributed by atoms with van der Waals surface area (Å²) in [5.74, 6) is 0. The number of rotatable bonds is 5. The van der Waals surface area contributed by atoms with Crippen molar-refractivity contribution in [3.8, 4) is 0 Å². The Labute approximate surface area is 124 Å². The molecule has 0 radical (unpaired) electrons. The van der Waals surface area contributed by atoms with Crippen LogP contribution in [-0.2, 0) is 16.4 Å². The fourth-order valence-electron chi connectivity index (χ4n) is 1.87. The Morgan fingerprint density at radius 3 is 2.30 bits per heavy atom. The molecule has 0 fully saturated rings. The van der Waals surface area contributed by atoms with Crippen LogP contribution in [0.2, 0.25) is 5.02 Å². The zero-order valence-corrected chi connectivity index (χ0v) is 12.7. The van der Waals surface area contributed by atoms with Gasteiger partial charge in [-0.1, -0.05) is 49.2 Å². The maximum absolute atomic E-state index is 12.3. The second-order valence-electron chi connectivity index (χ2n) is 4.48. The number of anilines is 1. The van der Waals surface area contributed by atoms with E-state index in [4.69, 9.17) is 11.6 Å². The van der Waals surface area contributed by atoms with Crippen LogP contribution >= 0.6 is 11.6 Å². The van der Waals surface area contributed by atoms with Crippen LogP contribution in [0.3, 0.4) is 0 Å². The average molecular weight is 310 g/mol. The lowest BCUT2D eigenvalue weighted by atomic mass is 10.1. The zero-order valence-electron chi connectivity index (χ0n) is 11.1. The van der Waals surface area contributed by atoms with Gasteiger partial charge in [0.1, 0.15) is 0 Å². The van der Waals surface area contributed by atoms with Crippen LogP contribution < -0.4 is 4.72 Å². The van der Waals surface area contributed by atoms with Gasteiger partial charge in [-0.2, -0.15) is 0 Å². The van der Waals surface area contributed by atoms with Gasteiger partial charge in [0, 0.05) is 0 Å². The summed E-state index contributed by atoms with van der Waals surface area (Å²) in [5, 5.41) is 0.374. The number of hydrogen-bond acceptors (Lipinski definition) is 2. The Morgan fingerprint density at radius 1 is 1.05 bits per heavy atom. The van der Waals surface area contributed by atoms with E-state index in [9.17, 15) is 8.42 Å². The number of nitrogens with one attached hydrogen (secondary N) is 1. The predicted octanol–water partition coefficient (Wildman–Crippen LogP) is 4.09. The Morgan fingerprint density at radius 2 is 1.70 bits per heavy atom. The Hall–Kier alpha value is -1.52. The lowest BCUT2D eigenvalue weighted by Crippen LogP contribution is -2.13. The first-order valence-electron chi connectivity index (χ1n) is 6.39. The molecule has 106 valence electrons. The van der Waals surface area contributed by atoms with Crippen molar-refractivity contribution in [3.05, 3.63) is 59.1 Å². The number of sulfonamides is 1. The maximum Gasteiger partial charge on any atom is 0.261 e. The maximum atomic E-state index is 12.3. The highest BCUT2D eigenvalue weighted by Crippen LogP contribution is 2.24. The van der Waals surface area contributed by atoms with E-state index in [1.165, 1.54) is 0 Å². The van der Waals surface area contributed by atoms with Gasteiger partial charge in [0.05, 0.1) is 15.6 Å². The highest BCUT2D eigenvalue weighted by molar-refractivity contribution is 7.92. The van der Waals surface area contributed by atoms with Crippen LogP contribution in [0.4, 0.5) is 5.69 Å². The van der Waals surface area contributed by atoms with Gasteiger partial charge in [-0.05, 0) is 36.2 Å². The highest BCUT2D eigenvalue weighted by atomic mass is 35.5. The third kappa shape index (κ3) is 3.52. The molecule has 0 amide bonds. The first-order chi connectivity index (χ1) is 9.53. The van der Waals surface area contributed by atoms with E-state index < -0.39 is 10.0 Å². The predicted molar refractivity (Wildman–Crippen MR) is 82.7 cm³/mol. The Kier molecular flexibility index (Phi) is 4.68. The number of halogens is 1. The van der Waals surface area contributed by atoms with Crippen LogP contribution in [0.1, 0.15) is 18.9 Å². The van der Waals surface area contributed by atoms with Gasteiger partial charge in [-0.15, -0.1) is 0 Å². The van der Waals surface area contributed by atoms with E-state index in [-0.39, 0.29) is 4.90 Å². The molecule has 0 spiro atoms. The highest BCUT2D eigenvalue weighted by Gasteiger charge is 2.15. The molecule has 3 nitrogen and oxygen atoms in total. The molecule has 0 bridgehead atoms. The molecule has 2 aromatic rings. The van der Waals surface area contributed by atoms with E-state index in [1.807, 2.05) is 12.1 Å². The van der Waals surface area contributed by atoms with E-state index in [0.717, 1.165) is 18.4 Å². The lowest BCUT2D eigenvalue weighted by Gasteiger charge is -2.10. The molecule has 0 aliphatic rings. The van der Waals surface area contributed by atoms with Crippen LogP contribution in [0.15, 0.2) is 53.4 Å². The topological polar surface area (TPSA) is 46.2 Å². The van der Waals surface area contributed by atoms with E-state index in [0.29, 0.717) is 10.7 Å². The molecule has 0 heterocycles. The summed E-state index contributed by atoms with van der Waals surface area (Å²) in [6.45, 7) is 2.09. The van der Waals surface area contributed by atoms with Gasteiger partial charge in [0.25, 0.3) is 10.0 Å². The van der Waals surface area contributed by atoms with Gasteiger partial charge in [0.15, 0.2) is 0 Å². The standard InChI is InChI=1S/C15H16ClNO2S/c1-2-5-12-8-10-13(11-9-12)20(18,19)17-15-7-4-3-6-14(15)16/h3-4,6-11,17H,2,5H2,1H3. The minimum atomic E-state index is -3.60. The molecular formula is C15H16ClNO2S. The molecule has 0 saturated carbocycles. The summed E-state index contributed by atoms with van der Waals surface area (Å²) in [4.78, 5) is 0.234. The molecule has 2 rings (SSSR count). The quantitative estimate of drug-likeness (QED) is 0.904. The monoisotopic (exact) mass is 309 g/mol. The number of para-hydroxylation sites is 1. The van der Waals surface area contributed by atoms with Crippen LogP contribution in [0.5, 0.6) is 0 Å². The normalized spacial score (nSPS) is 11.3. The molecule has 0 atom stereocenters. The minimum absolute atomic E-state index is 0.234. The average Bonchev–Trinajstić information content (AvgIpc) is 2.42. The van der Waals surface area contributed by atoms with Crippen molar-refractivity contribution in [2.75, 3.05) is 4.72 Å². The summed E-state index contributed by atoms with van der Waals surface area (Å²) in [6, 6.07) is 13.7. The lowest BCUT2D eigenvalue weighted by molar-refractivity contribution is 0.601. The summed E-state index contributed by atoms with van der Waals surface area (Å²) >= 11 is 5.96. The van der Waals surface area contributed by atoms with E-state index in [2.05, 4.69) is 11.6 Å². The van der Waals surface area contributed by atoms with Crippen LogP contribution in [-0.4, -0.2) is 8.42 Å². The van der Waals surface area contributed by atoms with E-state index in [1.54, 1.807) is 36.4 Å². The fourth-order valence-corrected chi connectivity index (χ4v) is 3.19. The van der Waals surface area contributed by atoms with Crippen molar-refractivity contribution in [2.24, 2.45) is 0 Å². The first-order valence-corrected chi connectivity index (χ1v) is 8.25. The number of hydrogen-bond donors (Lipinski definition) is 1. The number of aryl methyl sites for hydroxylation is 1. The van der Waals surface area contributed by atoms with Crippen molar-refractivity contribution >= 4 is 27.3 Å². The second-order valence-corrected chi connectivity index (χ2v) is 6.57. The van der Waals surface area contributed by atoms with Gasteiger partial charge >= 0.3 is 0 Å². The molecule has 2 aromatic carbocycles. The molecule has 20 heavy (non-hydrogen) atoms. The third-order valence-electron chi connectivity index (χ3n) is 2.89. The molecular weight excluding hydrogens is 294 g/mol. The molecule has 1 N–H and O–H groups in total. The summed E-state index contributed by atoms with van der Waals surface area (Å²) < 4.78 is 27.0. The van der Waals surface area contributed by atoms with Gasteiger partial charge < -0.3 is 0 Å². The smallest absolute Gasteiger partial charge is 0.261 e. The first kappa shape index (κ1) is 14.9. The van der Waals surface area contributed by atoms with Crippen molar-refractivity contribution in [2.45, 2.75) is 24.7 Å². The van der Waals surface area contributed by atoms with Crippen molar-refractivity contribution in [3.63, 3.8) is 0 Å². The van der Waals surface area contributed by atoms with Gasteiger partial charge in [-0.3, -0.25) is 4.72 Å². The Bertz CT molecular complexity index is 681. The van der Waals surface area contributed by atoms with Crippen molar-refractivity contribution in [1.82, 2.24) is 0 Å². The van der Waals surface area contributed by atoms with Crippen molar-refractivity contribution < 1.29 is 8.42 Å². The molecule has 0 saturated heterocycles. The molecule has 0 aliphatic heterocycles. The Balaban J connectivity index is 2.24. The summed E-state index contributed by atoms with van der Waals surface area (Å²) in [6.07, 6.45) is 1.97. The van der Waals surface area contributed by atoms with Gasteiger partial charge in [-0.25, -0.2) is 8.42 Å². The molecule has 0 aromatic heterocycles. The largest absolute Gasteiger partial charge is 0.278 e. The minimum Gasteiger partial charge on any atom is -0.278 e.